The highest BCUT2D eigenvalue weighted by molar-refractivity contribution is 5.74. The number of pyridine rings is 3. The molecule has 0 amide bonds. The summed E-state index contributed by atoms with van der Waals surface area (Å²) >= 11 is 0. The van der Waals surface area contributed by atoms with Crippen molar-refractivity contribution in [1.82, 2.24) is 19.9 Å². The lowest BCUT2D eigenvalue weighted by Crippen LogP contribution is -2.47. The number of aryl methyl sites for hydroxylation is 1. The van der Waals surface area contributed by atoms with Crippen LogP contribution in [0.25, 0.3) is 11.0 Å². The van der Waals surface area contributed by atoms with E-state index in [-0.39, 0.29) is 11.0 Å². The summed E-state index contributed by atoms with van der Waals surface area (Å²) in [4.78, 5) is 29.3. The van der Waals surface area contributed by atoms with E-state index in [1.54, 1.807) is 0 Å². The first-order valence-corrected chi connectivity index (χ1v) is 11.6. The van der Waals surface area contributed by atoms with Crippen molar-refractivity contribution in [3.05, 3.63) is 63.8 Å². The third-order valence-electron chi connectivity index (χ3n) is 7.08. The van der Waals surface area contributed by atoms with Crippen LogP contribution in [0, 0.1) is 0 Å². The van der Waals surface area contributed by atoms with Gasteiger partial charge in [0.15, 0.2) is 0 Å². The van der Waals surface area contributed by atoms with Crippen molar-refractivity contribution >= 4 is 16.7 Å². The van der Waals surface area contributed by atoms with Crippen LogP contribution in [-0.2, 0) is 23.1 Å². The average molecular weight is 434 g/mol. The molecule has 3 aromatic rings. The van der Waals surface area contributed by atoms with E-state index >= 15 is 0 Å². The summed E-state index contributed by atoms with van der Waals surface area (Å²) < 4.78 is 5.45. The van der Waals surface area contributed by atoms with E-state index < -0.39 is 0 Å². The second-order valence-corrected chi connectivity index (χ2v) is 9.05. The van der Waals surface area contributed by atoms with Crippen LogP contribution in [0.4, 0.5) is 5.69 Å². The van der Waals surface area contributed by atoms with Crippen molar-refractivity contribution < 1.29 is 4.74 Å². The third kappa shape index (κ3) is 3.91. The maximum atomic E-state index is 12.1. The van der Waals surface area contributed by atoms with Crippen molar-refractivity contribution in [2.24, 2.45) is 0 Å². The Morgan fingerprint density at radius 2 is 1.88 bits per heavy atom. The molecule has 1 N–H and O–H groups in total. The Hall–Kier alpha value is -2.77. The fourth-order valence-corrected chi connectivity index (χ4v) is 4.71. The lowest BCUT2D eigenvalue weighted by Gasteiger charge is -2.40. The summed E-state index contributed by atoms with van der Waals surface area (Å²) in [6, 6.07) is 8.35. The molecule has 5 rings (SSSR count). The zero-order valence-electron chi connectivity index (χ0n) is 18.9. The second-order valence-electron chi connectivity index (χ2n) is 9.05. The fraction of sp³-hybridized carbons (Fsp3) is 0.480. The number of ether oxygens (including phenoxy) is 1. The van der Waals surface area contributed by atoms with Gasteiger partial charge in [0.25, 0.3) is 5.56 Å². The van der Waals surface area contributed by atoms with Crippen molar-refractivity contribution in [3.63, 3.8) is 0 Å². The molecule has 168 valence electrons. The predicted octanol–water partition coefficient (Wildman–Crippen LogP) is 2.88. The van der Waals surface area contributed by atoms with E-state index in [0.717, 1.165) is 80.2 Å². The number of piperazine rings is 1. The average Bonchev–Trinajstić information content (AvgIpc) is 2.79. The number of H-pyrrole nitrogens is 1. The minimum Gasteiger partial charge on any atom is -0.379 e. The number of nitrogens with one attached hydrogen (secondary N) is 1. The molecule has 0 bridgehead atoms. The molecule has 32 heavy (non-hydrogen) atoms. The Kier molecular flexibility index (Phi) is 5.69. The highest BCUT2D eigenvalue weighted by atomic mass is 16.5. The van der Waals surface area contributed by atoms with E-state index in [9.17, 15) is 4.79 Å². The molecule has 3 aromatic heterocycles. The predicted molar refractivity (Wildman–Crippen MR) is 126 cm³/mol. The topological polar surface area (TPSA) is 74.4 Å². The largest absolute Gasteiger partial charge is 0.379 e. The third-order valence-corrected chi connectivity index (χ3v) is 7.08. The lowest BCUT2D eigenvalue weighted by atomic mass is 9.79. The number of rotatable bonds is 6. The first-order chi connectivity index (χ1) is 15.6. The van der Waals surface area contributed by atoms with E-state index in [2.05, 4.69) is 44.9 Å². The van der Waals surface area contributed by atoms with Crippen molar-refractivity contribution in [1.29, 1.82) is 0 Å². The number of nitrogens with zero attached hydrogens (tertiary/aromatic N) is 4. The standard InChI is InChI=1S/C25H31N5O2/c1-3-19-12-21-22(28-24(19)31)11-18(13-26-21)15-29-7-9-30(10-8-29)20-5-6-23(27-14-20)25(4-2)16-32-17-25/h5-6,11-14H,3-4,7-10,15-17H2,1-2H3,(H,28,31). The van der Waals surface area contributed by atoms with Gasteiger partial charge in [0.2, 0.25) is 0 Å². The van der Waals surface area contributed by atoms with Crippen LogP contribution in [-0.4, -0.2) is 59.2 Å². The quantitative estimate of drug-likeness (QED) is 0.644. The number of hydrogen-bond donors (Lipinski definition) is 1. The van der Waals surface area contributed by atoms with Gasteiger partial charge in [-0.1, -0.05) is 13.8 Å². The van der Waals surface area contributed by atoms with Gasteiger partial charge in [0.05, 0.1) is 47.2 Å². The Morgan fingerprint density at radius 3 is 2.50 bits per heavy atom. The Labute approximate surface area is 188 Å². The first-order valence-electron chi connectivity index (χ1n) is 11.6. The number of fused-ring (bicyclic) bond motifs is 1. The number of anilines is 1. The number of hydrogen-bond acceptors (Lipinski definition) is 6. The summed E-state index contributed by atoms with van der Waals surface area (Å²) in [6.45, 7) is 10.5. The molecule has 2 saturated heterocycles. The molecule has 0 aromatic carbocycles. The first kappa shape index (κ1) is 21.1. The zero-order chi connectivity index (χ0) is 22.1. The fourth-order valence-electron chi connectivity index (χ4n) is 4.71. The van der Waals surface area contributed by atoms with Crippen LogP contribution in [0.1, 0.15) is 37.1 Å². The summed E-state index contributed by atoms with van der Waals surface area (Å²) in [5.74, 6) is 0. The maximum absolute atomic E-state index is 12.1. The lowest BCUT2D eigenvalue weighted by molar-refractivity contribution is -0.0641. The molecule has 7 nitrogen and oxygen atoms in total. The molecule has 7 heteroatoms. The second kappa shape index (κ2) is 8.64. The Bertz CT molecular complexity index is 1140. The molecule has 0 saturated carbocycles. The number of aromatic amines is 1. The van der Waals surface area contributed by atoms with E-state index in [0.29, 0.717) is 6.42 Å². The maximum Gasteiger partial charge on any atom is 0.251 e. The molecule has 0 aliphatic carbocycles. The summed E-state index contributed by atoms with van der Waals surface area (Å²) in [7, 11) is 0. The van der Waals surface area contributed by atoms with Crippen molar-refractivity contribution in [3.8, 4) is 0 Å². The highest BCUT2D eigenvalue weighted by Gasteiger charge is 2.39. The minimum absolute atomic E-state index is 0.0121. The Morgan fingerprint density at radius 1 is 1.06 bits per heavy atom. The van der Waals surface area contributed by atoms with Crippen LogP contribution >= 0.6 is 0 Å². The van der Waals surface area contributed by atoms with E-state index in [1.165, 1.54) is 5.69 Å². The molecular formula is C25H31N5O2. The van der Waals surface area contributed by atoms with Gasteiger partial charge in [0, 0.05) is 44.5 Å². The van der Waals surface area contributed by atoms with Crippen LogP contribution in [0.15, 0.2) is 41.5 Å². The summed E-state index contributed by atoms with van der Waals surface area (Å²) in [5, 5.41) is 0. The van der Waals surface area contributed by atoms with Crippen LogP contribution in [0.3, 0.4) is 0 Å². The molecule has 2 aliphatic heterocycles. The smallest absolute Gasteiger partial charge is 0.251 e. The minimum atomic E-state index is -0.0121. The molecule has 0 atom stereocenters. The van der Waals surface area contributed by atoms with Gasteiger partial charge in [-0.05, 0) is 42.7 Å². The van der Waals surface area contributed by atoms with Crippen molar-refractivity contribution in [2.75, 3.05) is 44.3 Å². The zero-order valence-corrected chi connectivity index (χ0v) is 18.9. The van der Waals surface area contributed by atoms with Crippen molar-refractivity contribution in [2.45, 2.75) is 38.6 Å². The monoisotopic (exact) mass is 433 g/mol. The molecule has 2 aliphatic rings. The molecule has 2 fully saturated rings. The molecular weight excluding hydrogens is 402 g/mol. The Balaban J connectivity index is 1.21. The normalized spacial score (nSPS) is 18.6. The molecule has 0 unspecified atom stereocenters. The van der Waals surface area contributed by atoms with Crippen LogP contribution in [0.5, 0.6) is 0 Å². The van der Waals surface area contributed by atoms with Gasteiger partial charge < -0.3 is 14.6 Å². The van der Waals surface area contributed by atoms with Gasteiger partial charge in [-0.15, -0.1) is 0 Å². The van der Waals surface area contributed by atoms with Gasteiger partial charge in [-0.25, -0.2) is 0 Å². The van der Waals surface area contributed by atoms with Gasteiger partial charge >= 0.3 is 0 Å². The van der Waals surface area contributed by atoms with Gasteiger partial charge in [0.1, 0.15) is 0 Å². The molecule has 5 heterocycles. The van der Waals surface area contributed by atoms with Crippen LogP contribution < -0.4 is 10.5 Å². The highest BCUT2D eigenvalue weighted by Crippen LogP contribution is 2.34. The van der Waals surface area contributed by atoms with Gasteiger partial charge in [-0.2, -0.15) is 0 Å². The van der Waals surface area contributed by atoms with Crippen LogP contribution in [0.2, 0.25) is 0 Å². The summed E-state index contributed by atoms with van der Waals surface area (Å²) in [6.07, 6.45) is 5.73. The van der Waals surface area contributed by atoms with Gasteiger partial charge in [-0.3, -0.25) is 19.7 Å². The van der Waals surface area contributed by atoms with E-state index in [1.807, 2.05) is 25.4 Å². The van der Waals surface area contributed by atoms with E-state index in [4.69, 9.17) is 9.72 Å². The molecule has 0 spiro atoms. The SMILES string of the molecule is CCc1cc2ncc(CN3CCN(c4ccc(C5(CC)COC5)nc4)CC3)cc2[nH]c1=O. The number of aromatic nitrogens is 3. The summed E-state index contributed by atoms with van der Waals surface area (Å²) in [5.41, 5.74) is 6.03. The molecule has 0 radical (unpaired) electrons.